The van der Waals surface area contributed by atoms with Gasteiger partial charge in [0.25, 0.3) is 5.91 Å². The Morgan fingerprint density at radius 3 is 2.83 bits per heavy atom. The summed E-state index contributed by atoms with van der Waals surface area (Å²) in [5.74, 6) is 0.0116. The van der Waals surface area contributed by atoms with Crippen LogP contribution in [0.1, 0.15) is 17.3 Å². The first-order valence-electron chi connectivity index (χ1n) is 7.04. The smallest absolute Gasteiger partial charge is 0.262 e. The van der Waals surface area contributed by atoms with E-state index in [0.29, 0.717) is 23.2 Å². The van der Waals surface area contributed by atoms with Crippen LogP contribution in [0, 0.1) is 0 Å². The predicted molar refractivity (Wildman–Crippen MR) is 88.7 cm³/mol. The lowest BCUT2D eigenvalue weighted by molar-refractivity contribution is 0.102. The number of nitrogens with zero attached hydrogens (tertiary/aromatic N) is 3. The zero-order valence-corrected chi connectivity index (χ0v) is 13.2. The first-order chi connectivity index (χ1) is 11.3. The number of nitrogens with one attached hydrogen (secondary N) is 1. The molecule has 3 aromatic rings. The molecule has 1 N–H and O–H groups in total. The van der Waals surface area contributed by atoms with E-state index >= 15 is 0 Å². The van der Waals surface area contributed by atoms with Crippen molar-refractivity contribution >= 4 is 22.4 Å². The maximum Gasteiger partial charge on any atom is 0.262 e. The van der Waals surface area contributed by atoms with Gasteiger partial charge in [-0.05, 0) is 31.2 Å². The van der Waals surface area contributed by atoms with E-state index in [4.69, 9.17) is 4.74 Å². The highest BCUT2D eigenvalue weighted by Gasteiger charge is 2.15. The third-order valence-electron chi connectivity index (χ3n) is 2.94. The molecule has 6 nitrogen and oxygen atoms in total. The number of amides is 1. The summed E-state index contributed by atoms with van der Waals surface area (Å²) in [6.45, 7) is 2.29. The van der Waals surface area contributed by atoms with E-state index in [9.17, 15) is 4.79 Å². The molecule has 0 fully saturated rings. The summed E-state index contributed by atoms with van der Waals surface area (Å²) < 4.78 is 5.37. The average Bonchev–Trinajstić information content (AvgIpc) is 3.05. The van der Waals surface area contributed by atoms with Gasteiger partial charge in [-0.3, -0.25) is 15.1 Å². The molecule has 0 bridgehead atoms. The molecule has 7 heteroatoms. The minimum atomic E-state index is -0.302. The fourth-order valence-electron chi connectivity index (χ4n) is 1.94. The number of ether oxygens (including phenoxy) is 1. The molecule has 0 unspecified atom stereocenters. The van der Waals surface area contributed by atoms with E-state index in [1.54, 1.807) is 30.7 Å². The number of rotatable bonds is 5. The number of carbonyl (C=O) groups excluding carboxylic acids is 1. The second-order valence-electron chi connectivity index (χ2n) is 4.49. The number of carbonyl (C=O) groups is 1. The number of hydrogen-bond donors (Lipinski definition) is 1. The standard InChI is InChI=1S/C16H14N4O2S/c1-2-22-15-11(6-5-9-18-15)14(21)20-16-19-10-13(23-16)12-7-3-4-8-17-12/h3-10H,2H2,1H3,(H,19,20,21). The Bertz CT molecular complexity index is 805. The molecular formula is C16H14N4O2S. The highest BCUT2D eigenvalue weighted by molar-refractivity contribution is 7.19. The summed E-state index contributed by atoms with van der Waals surface area (Å²) in [5.41, 5.74) is 1.20. The summed E-state index contributed by atoms with van der Waals surface area (Å²) in [7, 11) is 0. The van der Waals surface area contributed by atoms with Crippen LogP contribution in [0.4, 0.5) is 5.13 Å². The highest BCUT2D eigenvalue weighted by atomic mass is 32.1. The van der Waals surface area contributed by atoms with Crippen LogP contribution in [0.25, 0.3) is 10.6 Å². The molecule has 0 spiro atoms. The Hall–Kier alpha value is -2.80. The maximum absolute atomic E-state index is 12.4. The topological polar surface area (TPSA) is 77.0 Å². The van der Waals surface area contributed by atoms with Gasteiger partial charge in [-0.25, -0.2) is 9.97 Å². The minimum absolute atomic E-state index is 0.302. The Morgan fingerprint density at radius 1 is 1.17 bits per heavy atom. The van der Waals surface area contributed by atoms with Gasteiger partial charge in [0.15, 0.2) is 5.13 Å². The molecule has 0 saturated heterocycles. The fourth-order valence-corrected chi connectivity index (χ4v) is 2.73. The zero-order chi connectivity index (χ0) is 16.1. The minimum Gasteiger partial charge on any atom is -0.477 e. The van der Waals surface area contributed by atoms with Gasteiger partial charge in [0.2, 0.25) is 5.88 Å². The fraction of sp³-hybridized carbons (Fsp3) is 0.125. The van der Waals surface area contributed by atoms with Gasteiger partial charge in [-0.1, -0.05) is 17.4 Å². The van der Waals surface area contributed by atoms with Crippen molar-refractivity contribution in [3.05, 3.63) is 54.5 Å². The van der Waals surface area contributed by atoms with Gasteiger partial charge in [-0.15, -0.1) is 0 Å². The van der Waals surface area contributed by atoms with Crippen LogP contribution in [0.3, 0.4) is 0 Å². The second-order valence-corrected chi connectivity index (χ2v) is 5.52. The Labute approximate surface area is 137 Å². The number of aromatic nitrogens is 3. The molecular weight excluding hydrogens is 312 g/mol. The van der Waals surface area contributed by atoms with Crippen molar-refractivity contribution in [2.24, 2.45) is 0 Å². The summed E-state index contributed by atoms with van der Waals surface area (Å²) in [5, 5.41) is 3.27. The van der Waals surface area contributed by atoms with Crippen LogP contribution < -0.4 is 10.1 Å². The lowest BCUT2D eigenvalue weighted by Crippen LogP contribution is -2.14. The van der Waals surface area contributed by atoms with Crippen LogP contribution in [0.15, 0.2) is 48.9 Å². The lowest BCUT2D eigenvalue weighted by Gasteiger charge is -2.07. The molecule has 0 aliphatic rings. The largest absolute Gasteiger partial charge is 0.477 e. The van der Waals surface area contributed by atoms with E-state index < -0.39 is 0 Å². The van der Waals surface area contributed by atoms with E-state index in [2.05, 4.69) is 20.3 Å². The number of hydrogen-bond acceptors (Lipinski definition) is 6. The number of anilines is 1. The van der Waals surface area contributed by atoms with Crippen LogP contribution in [0.5, 0.6) is 5.88 Å². The van der Waals surface area contributed by atoms with E-state index in [-0.39, 0.29) is 5.91 Å². The second kappa shape index (κ2) is 6.97. The van der Waals surface area contributed by atoms with E-state index in [0.717, 1.165) is 10.6 Å². The molecule has 116 valence electrons. The molecule has 23 heavy (non-hydrogen) atoms. The van der Waals surface area contributed by atoms with Gasteiger partial charge in [0.1, 0.15) is 5.56 Å². The SMILES string of the molecule is CCOc1ncccc1C(=O)Nc1ncc(-c2ccccn2)s1. The third kappa shape index (κ3) is 3.51. The molecule has 1 amide bonds. The van der Waals surface area contributed by atoms with Gasteiger partial charge < -0.3 is 4.74 Å². The number of thiazole rings is 1. The van der Waals surface area contributed by atoms with Crippen molar-refractivity contribution in [1.29, 1.82) is 0 Å². The van der Waals surface area contributed by atoms with Crippen LogP contribution in [0.2, 0.25) is 0 Å². The predicted octanol–water partition coefficient (Wildman–Crippen LogP) is 3.25. The van der Waals surface area contributed by atoms with Gasteiger partial charge >= 0.3 is 0 Å². The van der Waals surface area contributed by atoms with Crippen molar-refractivity contribution in [2.45, 2.75) is 6.92 Å². The monoisotopic (exact) mass is 326 g/mol. The van der Waals surface area contributed by atoms with Gasteiger partial charge in [-0.2, -0.15) is 0 Å². The average molecular weight is 326 g/mol. The Kier molecular flexibility index (Phi) is 4.58. The molecule has 0 radical (unpaired) electrons. The van der Waals surface area contributed by atoms with E-state index in [1.165, 1.54) is 11.3 Å². The van der Waals surface area contributed by atoms with Crippen molar-refractivity contribution in [1.82, 2.24) is 15.0 Å². The van der Waals surface area contributed by atoms with E-state index in [1.807, 2.05) is 25.1 Å². The quantitative estimate of drug-likeness (QED) is 0.779. The van der Waals surface area contributed by atoms with Gasteiger partial charge in [0.05, 0.1) is 17.2 Å². The molecule has 0 saturated carbocycles. The Morgan fingerprint density at radius 2 is 2.04 bits per heavy atom. The van der Waals surface area contributed by atoms with Crippen molar-refractivity contribution < 1.29 is 9.53 Å². The third-order valence-corrected chi connectivity index (χ3v) is 3.88. The summed E-state index contributed by atoms with van der Waals surface area (Å²) in [6.07, 6.45) is 5.00. The van der Waals surface area contributed by atoms with Crippen molar-refractivity contribution in [3.8, 4) is 16.5 Å². The summed E-state index contributed by atoms with van der Waals surface area (Å²) in [4.78, 5) is 25.8. The molecule has 3 rings (SSSR count). The van der Waals surface area contributed by atoms with Gasteiger partial charge in [0, 0.05) is 18.6 Å². The lowest BCUT2D eigenvalue weighted by atomic mass is 10.2. The van der Waals surface area contributed by atoms with Crippen molar-refractivity contribution in [2.75, 3.05) is 11.9 Å². The summed E-state index contributed by atoms with van der Waals surface area (Å²) in [6, 6.07) is 9.02. The molecule has 3 heterocycles. The normalized spacial score (nSPS) is 10.3. The summed E-state index contributed by atoms with van der Waals surface area (Å²) >= 11 is 1.36. The zero-order valence-electron chi connectivity index (χ0n) is 12.4. The first kappa shape index (κ1) is 15.1. The first-order valence-corrected chi connectivity index (χ1v) is 7.86. The van der Waals surface area contributed by atoms with Crippen LogP contribution in [-0.4, -0.2) is 27.5 Å². The maximum atomic E-state index is 12.4. The highest BCUT2D eigenvalue weighted by Crippen LogP contribution is 2.28. The molecule has 0 aliphatic heterocycles. The van der Waals surface area contributed by atoms with Crippen LogP contribution in [-0.2, 0) is 0 Å². The number of pyridine rings is 2. The molecule has 3 aromatic heterocycles. The molecule has 0 aromatic carbocycles. The molecule has 0 atom stereocenters. The van der Waals surface area contributed by atoms with Crippen LogP contribution >= 0.6 is 11.3 Å². The molecule has 0 aliphatic carbocycles. The Balaban J connectivity index is 1.78. The van der Waals surface area contributed by atoms with Crippen molar-refractivity contribution in [3.63, 3.8) is 0 Å².